The van der Waals surface area contributed by atoms with Crippen LogP contribution in [0.3, 0.4) is 0 Å². The average Bonchev–Trinajstić information content (AvgIpc) is 3.31. The zero-order valence-electron chi connectivity index (χ0n) is 42.7. The molecule has 1 fully saturated rings. The maximum atomic E-state index is 12.8. The first kappa shape index (κ1) is 63.6. The average molecular weight is 983 g/mol. The van der Waals surface area contributed by atoms with Crippen LogP contribution < -0.4 is 0 Å². The molecule has 0 amide bonds. The summed E-state index contributed by atoms with van der Waals surface area (Å²) in [7, 11) is -4.62. The van der Waals surface area contributed by atoms with Gasteiger partial charge in [-0.25, -0.2) is 0 Å². The first-order chi connectivity index (χ1) is 33.0. The molecule has 1 rings (SSSR count). The molecule has 1 heterocycles. The summed E-state index contributed by atoms with van der Waals surface area (Å²) in [6.07, 6.45) is 46.1. The minimum absolute atomic E-state index is 0.0920. The molecule has 396 valence electrons. The Morgan fingerprint density at radius 1 is 0.500 bits per heavy atom. The summed E-state index contributed by atoms with van der Waals surface area (Å²) in [6, 6.07) is 0. The predicted octanol–water partition coefficient (Wildman–Crippen LogP) is 12.7. The molecule has 6 atom stereocenters. The number of aliphatic hydroxyl groups excluding tert-OH is 3. The van der Waals surface area contributed by atoms with Crippen molar-refractivity contribution >= 4 is 22.1 Å². The Kier molecular flexibility index (Phi) is 41.7. The normalized spacial score (nSPS) is 19.5. The van der Waals surface area contributed by atoms with Gasteiger partial charge in [0.05, 0.1) is 6.61 Å². The van der Waals surface area contributed by atoms with E-state index in [1.54, 1.807) is 0 Å². The van der Waals surface area contributed by atoms with E-state index in [1.165, 1.54) is 148 Å². The molecule has 0 spiro atoms. The number of esters is 2. The lowest BCUT2D eigenvalue weighted by atomic mass is 10.00. The Morgan fingerprint density at radius 2 is 0.897 bits per heavy atom. The van der Waals surface area contributed by atoms with Crippen molar-refractivity contribution in [3.05, 3.63) is 48.6 Å². The highest BCUT2D eigenvalue weighted by Crippen LogP contribution is 2.24. The van der Waals surface area contributed by atoms with Gasteiger partial charge in [0, 0.05) is 12.8 Å². The lowest BCUT2D eigenvalue weighted by molar-refractivity contribution is -0.297. The van der Waals surface area contributed by atoms with Crippen LogP contribution in [0, 0.1) is 0 Å². The SMILES string of the molecule is CCCCCCCCCCC/C=C/C/C=C/CCCC(=O)O[C@H](COC(=O)CCC/C=C/CC/C=C/CCCCCCCCCCCCCCCC)CO[C@H]1O[C@H](CS(=O)(=O)O)[C@@H](O)C(O)C1O. The molecule has 4 N–H and O–H groups in total. The maximum Gasteiger partial charge on any atom is 0.306 e. The third-order valence-corrected chi connectivity index (χ3v) is 13.1. The predicted molar refractivity (Wildman–Crippen MR) is 275 cm³/mol. The molecule has 68 heavy (non-hydrogen) atoms. The monoisotopic (exact) mass is 983 g/mol. The summed E-state index contributed by atoms with van der Waals surface area (Å²) in [6.45, 7) is 3.73. The van der Waals surface area contributed by atoms with Gasteiger partial charge in [-0.2, -0.15) is 8.42 Å². The number of unbranched alkanes of at least 4 members (excludes halogenated alkanes) is 26. The van der Waals surface area contributed by atoms with Crippen molar-refractivity contribution in [2.75, 3.05) is 19.0 Å². The molecule has 0 aromatic rings. The van der Waals surface area contributed by atoms with Gasteiger partial charge in [0.15, 0.2) is 12.4 Å². The van der Waals surface area contributed by atoms with Crippen LogP contribution in [0.15, 0.2) is 48.6 Å². The molecule has 0 aromatic heterocycles. The number of rotatable bonds is 46. The summed E-state index contributed by atoms with van der Waals surface area (Å²) in [5.41, 5.74) is 0. The Labute approximate surface area is 413 Å². The number of allylic oxidation sites excluding steroid dienone is 8. The van der Waals surface area contributed by atoms with Crippen molar-refractivity contribution < 1.29 is 56.8 Å². The van der Waals surface area contributed by atoms with E-state index in [4.69, 9.17) is 18.9 Å². The van der Waals surface area contributed by atoms with E-state index in [9.17, 15) is 37.9 Å². The lowest BCUT2D eigenvalue weighted by Crippen LogP contribution is -2.60. The van der Waals surface area contributed by atoms with Crippen molar-refractivity contribution in [3.63, 3.8) is 0 Å². The van der Waals surface area contributed by atoms with Gasteiger partial charge in [-0.05, 0) is 70.6 Å². The van der Waals surface area contributed by atoms with Gasteiger partial charge in [0.25, 0.3) is 10.1 Å². The molecule has 0 aromatic carbocycles. The largest absolute Gasteiger partial charge is 0.462 e. The molecule has 1 saturated heterocycles. The van der Waals surface area contributed by atoms with Crippen molar-refractivity contribution in [2.45, 2.75) is 269 Å². The van der Waals surface area contributed by atoms with Gasteiger partial charge < -0.3 is 34.3 Å². The van der Waals surface area contributed by atoms with Crippen LogP contribution in [-0.2, 0) is 38.7 Å². The smallest absolute Gasteiger partial charge is 0.306 e. The summed E-state index contributed by atoms with van der Waals surface area (Å²) >= 11 is 0. The van der Waals surface area contributed by atoms with Crippen molar-refractivity contribution in [1.82, 2.24) is 0 Å². The molecule has 0 radical (unpaired) electrons. The highest BCUT2D eigenvalue weighted by Gasteiger charge is 2.46. The fourth-order valence-electron chi connectivity index (χ4n) is 8.15. The van der Waals surface area contributed by atoms with Gasteiger partial charge in [-0.15, -0.1) is 0 Å². The summed E-state index contributed by atoms with van der Waals surface area (Å²) < 4.78 is 54.2. The van der Waals surface area contributed by atoms with Crippen molar-refractivity contribution in [3.8, 4) is 0 Å². The van der Waals surface area contributed by atoms with E-state index < -0.39 is 71.2 Å². The number of carbonyl (C=O) groups is 2. The molecular weight excluding hydrogens is 885 g/mol. The van der Waals surface area contributed by atoms with E-state index in [-0.39, 0.29) is 19.4 Å². The Hall–Kier alpha value is -2.39. The van der Waals surface area contributed by atoms with E-state index in [0.29, 0.717) is 25.7 Å². The van der Waals surface area contributed by atoms with Gasteiger partial charge >= 0.3 is 11.9 Å². The first-order valence-corrected chi connectivity index (χ1v) is 28.8. The molecule has 0 saturated carbocycles. The second-order valence-corrected chi connectivity index (χ2v) is 20.4. The second-order valence-electron chi connectivity index (χ2n) is 18.9. The Morgan fingerprint density at radius 3 is 1.35 bits per heavy atom. The number of hydrogen-bond acceptors (Lipinski definition) is 11. The lowest BCUT2D eigenvalue weighted by Gasteiger charge is -2.40. The highest BCUT2D eigenvalue weighted by molar-refractivity contribution is 7.85. The molecule has 0 aliphatic carbocycles. The van der Waals surface area contributed by atoms with Crippen LogP contribution in [0.25, 0.3) is 0 Å². The zero-order chi connectivity index (χ0) is 49.8. The van der Waals surface area contributed by atoms with E-state index >= 15 is 0 Å². The van der Waals surface area contributed by atoms with Crippen LogP contribution in [0.4, 0.5) is 0 Å². The summed E-state index contributed by atoms with van der Waals surface area (Å²) in [5, 5.41) is 31.0. The fraction of sp³-hybridized carbons (Fsp3) is 0.818. The standard InChI is InChI=1S/C55H98O12S/c1-3-5-7-9-11-13-15-17-19-21-22-23-24-25-26-28-29-31-33-35-37-39-41-43-50(56)64-45-48(46-65-55-54(60)53(59)52(58)49(67-55)47-68(61,62)63)66-51(57)44-42-40-38-36-34-32-30-27-20-18-16-14-12-10-8-6-4-2/h28-30,32,35-38,48-49,52-55,58-60H,3-27,31,33-34,39-47H2,1-2H3,(H,61,62,63)/b29-28+,32-30+,37-35+,38-36+/t48-,49-,52-,53?,54?,55+/m1/s1. The van der Waals surface area contributed by atoms with Crippen LogP contribution in [0.1, 0.15) is 232 Å². The molecule has 0 bridgehead atoms. The van der Waals surface area contributed by atoms with E-state index in [2.05, 4.69) is 56.4 Å². The van der Waals surface area contributed by atoms with Crippen molar-refractivity contribution in [1.29, 1.82) is 0 Å². The Bertz CT molecular complexity index is 1430. The number of aliphatic hydroxyl groups is 3. The molecule has 2 unspecified atom stereocenters. The van der Waals surface area contributed by atoms with Crippen LogP contribution in [0.5, 0.6) is 0 Å². The number of ether oxygens (including phenoxy) is 4. The minimum Gasteiger partial charge on any atom is -0.462 e. The topological polar surface area (TPSA) is 186 Å². The second kappa shape index (κ2) is 44.5. The van der Waals surface area contributed by atoms with Crippen LogP contribution in [0.2, 0.25) is 0 Å². The highest BCUT2D eigenvalue weighted by atomic mass is 32.2. The van der Waals surface area contributed by atoms with Crippen LogP contribution in [-0.4, -0.2) is 96.0 Å². The minimum atomic E-state index is -4.62. The zero-order valence-corrected chi connectivity index (χ0v) is 43.5. The molecular formula is C55H98O12S. The molecule has 12 nitrogen and oxygen atoms in total. The maximum absolute atomic E-state index is 12.8. The van der Waals surface area contributed by atoms with Gasteiger partial charge in [-0.1, -0.05) is 197 Å². The van der Waals surface area contributed by atoms with Gasteiger partial charge in [0.1, 0.15) is 36.8 Å². The molecule has 1 aliphatic heterocycles. The quantitative estimate of drug-likeness (QED) is 0.0196. The first-order valence-electron chi connectivity index (χ1n) is 27.2. The third kappa shape index (κ3) is 38.4. The van der Waals surface area contributed by atoms with Gasteiger partial charge in [-0.3, -0.25) is 14.1 Å². The third-order valence-electron chi connectivity index (χ3n) is 12.4. The van der Waals surface area contributed by atoms with Gasteiger partial charge in [0.2, 0.25) is 0 Å². The van der Waals surface area contributed by atoms with Crippen molar-refractivity contribution in [2.24, 2.45) is 0 Å². The molecule has 1 aliphatic rings. The summed E-state index contributed by atoms with van der Waals surface area (Å²) in [4.78, 5) is 25.5. The van der Waals surface area contributed by atoms with Crippen LogP contribution >= 0.6 is 0 Å². The number of hydrogen-bond donors (Lipinski definition) is 4. The Balaban J connectivity index is 2.39. The van der Waals surface area contributed by atoms with E-state index in [1.807, 2.05) is 6.08 Å². The van der Waals surface area contributed by atoms with E-state index in [0.717, 1.165) is 32.1 Å². The fourth-order valence-corrected chi connectivity index (χ4v) is 8.84. The summed E-state index contributed by atoms with van der Waals surface area (Å²) in [5.74, 6) is -2.09. The molecule has 13 heteroatoms. The number of carbonyl (C=O) groups excluding carboxylic acids is 2.